The average molecular weight is 398 g/mol. The van der Waals surface area contributed by atoms with Crippen molar-refractivity contribution in [3.8, 4) is 5.69 Å². The third-order valence-electron chi connectivity index (χ3n) is 3.44. The van der Waals surface area contributed by atoms with Crippen LogP contribution in [-0.2, 0) is 4.79 Å². The fourth-order valence-electron chi connectivity index (χ4n) is 2.19. The van der Waals surface area contributed by atoms with E-state index in [0.717, 1.165) is 28.2 Å². The van der Waals surface area contributed by atoms with Crippen LogP contribution < -0.4 is 24.0 Å². The van der Waals surface area contributed by atoms with Gasteiger partial charge in [-0.2, -0.15) is 0 Å². The number of aromatic nitrogens is 3. The first kappa shape index (κ1) is 19.1. The monoisotopic (exact) mass is 397 g/mol. The molecule has 1 aromatic heterocycles. The van der Waals surface area contributed by atoms with Crippen LogP contribution in [0, 0.1) is 0 Å². The van der Waals surface area contributed by atoms with Crippen LogP contribution in [0.2, 0.25) is 0 Å². The molecule has 1 heterocycles. The molecular weight excluding hydrogens is 385 g/mol. The van der Waals surface area contributed by atoms with E-state index in [-0.39, 0.29) is 18.9 Å². The zero-order valence-electron chi connectivity index (χ0n) is 13.5. The molecule has 5 nitrogen and oxygen atoms in total. The van der Waals surface area contributed by atoms with Gasteiger partial charge in [-0.05, 0) is 41.2 Å². The summed E-state index contributed by atoms with van der Waals surface area (Å²) in [4.78, 5) is 11.3. The predicted molar refractivity (Wildman–Crippen MR) is 91.5 cm³/mol. The topological polar surface area (TPSA) is 70.8 Å². The minimum Gasteiger partial charge on any atom is -0.549 e. The van der Waals surface area contributed by atoms with E-state index in [9.17, 15) is 9.90 Å². The summed E-state index contributed by atoms with van der Waals surface area (Å²) in [6, 6.07) is 13.9. The van der Waals surface area contributed by atoms with Gasteiger partial charge in [-0.3, -0.25) is 4.57 Å². The van der Waals surface area contributed by atoms with Gasteiger partial charge < -0.3 is 9.90 Å². The molecule has 0 N–H and O–H groups in total. The molecule has 0 saturated heterocycles. The Hall–Kier alpha value is -1.26. The maximum absolute atomic E-state index is 11.3. The van der Waals surface area contributed by atoms with Crippen LogP contribution in [-0.4, -0.2) is 25.5 Å². The van der Waals surface area contributed by atoms with E-state index in [1.165, 1.54) is 0 Å². The second-order valence-electron chi connectivity index (χ2n) is 5.49. The van der Waals surface area contributed by atoms with Gasteiger partial charge in [-0.15, -0.1) is 10.2 Å². The number of aliphatic carboxylic acids is 1. The second-order valence-corrected chi connectivity index (χ2v) is 7.78. The number of benzene rings is 2. The van der Waals surface area contributed by atoms with Crippen molar-refractivity contribution in [2.45, 2.75) is 23.8 Å². The molecule has 0 aliphatic carbocycles. The van der Waals surface area contributed by atoms with Crippen LogP contribution in [0.15, 0.2) is 52.4 Å². The van der Waals surface area contributed by atoms with Gasteiger partial charge in [-0.25, -0.2) is 0 Å². The predicted octanol–water partition coefficient (Wildman–Crippen LogP) is -0.192. The number of thioether (sulfide) groups is 1. The molecule has 2 aromatic carbocycles. The van der Waals surface area contributed by atoms with E-state index < -0.39 is 10.7 Å². The third-order valence-corrected chi connectivity index (χ3v) is 5.08. The minimum atomic E-state index is -1.15. The Morgan fingerprint density at radius 2 is 1.83 bits per heavy atom. The fourth-order valence-corrected chi connectivity index (χ4v) is 3.65. The molecule has 0 amide bonds. The second kappa shape index (κ2) is 7.32. The maximum Gasteiger partial charge on any atom is 1.00 e. The van der Waals surface area contributed by atoms with E-state index in [4.69, 9.17) is 0 Å². The van der Waals surface area contributed by atoms with Crippen LogP contribution in [0.4, 0.5) is 0 Å². The summed E-state index contributed by atoms with van der Waals surface area (Å²) < 4.78 is 1.21. The van der Waals surface area contributed by atoms with Gasteiger partial charge in [0.1, 0.15) is 0 Å². The van der Waals surface area contributed by atoms with Gasteiger partial charge in [-0.1, -0.05) is 48.2 Å². The van der Waals surface area contributed by atoms with Gasteiger partial charge in [0, 0.05) is 5.39 Å². The SMILES string of the molecule is CC(C)(Sc1nnc(Br)n1-c1cccc2ccccc12)C(=O)[O-].[Li+]. The first-order chi connectivity index (χ1) is 10.9. The number of halogens is 1. The normalized spacial score (nSPS) is 11.3. The molecule has 8 heteroatoms. The van der Waals surface area contributed by atoms with Crippen molar-refractivity contribution < 1.29 is 28.8 Å². The van der Waals surface area contributed by atoms with Crippen LogP contribution in [0.5, 0.6) is 0 Å². The zero-order valence-corrected chi connectivity index (χ0v) is 15.9. The van der Waals surface area contributed by atoms with Gasteiger partial charge >= 0.3 is 18.9 Å². The molecule has 118 valence electrons. The van der Waals surface area contributed by atoms with Crippen molar-refractivity contribution in [1.29, 1.82) is 0 Å². The average Bonchev–Trinajstić information content (AvgIpc) is 2.86. The van der Waals surface area contributed by atoms with E-state index in [0.29, 0.717) is 9.89 Å². The van der Waals surface area contributed by atoms with Crippen LogP contribution in [0.3, 0.4) is 0 Å². The summed E-state index contributed by atoms with van der Waals surface area (Å²) in [6.07, 6.45) is 0. The molecule has 0 aliphatic heterocycles. The minimum absolute atomic E-state index is 0. The number of hydrogen-bond acceptors (Lipinski definition) is 5. The molecule has 0 spiro atoms. The number of carbonyl (C=O) groups excluding carboxylic acids is 1. The summed E-state index contributed by atoms with van der Waals surface area (Å²) >= 11 is 4.50. The summed E-state index contributed by atoms with van der Waals surface area (Å²) in [5, 5.41) is 22.0. The van der Waals surface area contributed by atoms with Crippen molar-refractivity contribution >= 4 is 44.4 Å². The van der Waals surface area contributed by atoms with Crippen LogP contribution in [0.25, 0.3) is 16.5 Å². The van der Waals surface area contributed by atoms with Crippen molar-refractivity contribution in [2.75, 3.05) is 0 Å². The Kier molecular flexibility index (Phi) is 5.81. The number of fused-ring (bicyclic) bond motifs is 1. The molecule has 0 atom stereocenters. The van der Waals surface area contributed by atoms with Crippen molar-refractivity contribution in [2.24, 2.45) is 0 Å². The number of hydrogen-bond donors (Lipinski definition) is 0. The third kappa shape index (κ3) is 3.55. The van der Waals surface area contributed by atoms with Gasteiger partial charge in [0.15, 0.2) is 5.16 Å². The molecule has 0 radical (unpaired) electrons. The fraction of sp³-hybridized carbons (Fsp3) is 0.188. The number of carbonyl (C=O) groups is 1. The number of carboxylic acids is 1. The summed E-state index contributed by atoms with van der Waals surface area (Å²) in [5.41, 5.74) is 0.886. The Labute approximate surface area is 164 Å². The van der Waals surface area contributed by atoms with Crippen molar-refractivity contribution in [3.05, 3.63) is 47.2 Å². The summed E-state index contributed by atoms with van der Waals surface area (Å²) in [6.45, 7) is 3.17. The number of carboxylic acid groups (broad SMARTS) is 1. The molecule has 3 rings (SSSR count). The van der Waals surface area contributed by atoms with E-state index >= 15 is 0 Å². The quantitative estimate of drug-likeness (QED) is 0.450. The number of rotatable bonds is 4. The van der Waals surface area contributed by atoms with Crippen molar-refractivity contribution in [1.82, 2.24) is 14.8 Å². The molecule has 0 unspecified atom stereocenters. The summed E-state index contributed by atoms with van der Waals surface area (Å²) in [7, 11) is 0. The molecule has 24 heavy (non-hydrogen) atoms. The standard InChI is InChI=1S/C16H14BrN3O2S.Li/c1-16(2,13(21)22)23-15-19-18-14(17)20(15)12-9-5-7-10-6-3-4-8-11(10)12;/h3-9H,1-2H3,(H,21,22);/q;+1/p-1. The van der Waals surface area contributed by atoms with Crippen LogP contribution in [0.1, 0.15) is 13.8 Å². The van der Waals surface area contributed by atoms with Crippen LogP contribution >= 0.6 is 27.7 Å². The molecular formula is C16H13BrLiN3O2S. The maximum atomic E-state index is 11.3. The van der Waals surface area contributed by atoms with E-state index in [1.54, 1.807) is 18.4 Å². The Morgan fingerprint density at radius 3 is 2.54 bits per heavy atom. The van der Waals surface area contributed by atoms with Gasteiger partial charge in [0.25, 0.3) is 0 Å². The Bertz CT molecular complexity index is 893. The van der Waals surface area contributed by atoms with Gasteiger partial charge in [0.05, 0.1) is 16.4 Å². The van der Waals surface area contributed by atoms with E-state index in [2.05, 4.69) is 26.1 Å². The summed E-state index contributed by atoms with van der Waals surface area (Å²) in [5.74, 6) is -1.15. The molecule has 0 fully saturated rings. The first-order valence-corrected chi connectivity index (χ1v) is 8.50. The largest absolute Gasteiger partial charge is 1.00 e. The molecule has 0 bridgehead atoms. The number of nitrogens with zero attached hydrogens (tertiary/aromatic N) is 3. The van der Waals surface area contributed by atoms with E-state index in [1.807, 2.05) is 42.5 Å². The Morgan fingerprint density at radius 1 is 1.17 bits per heavy atom. The Balaban J connectivity index is 0.00000208. The molecule has 0 saturated carbocycles. The molecule has 3 aromatic rings. The van der Waals surface area contributed by atoms with Crippen molar-refractivity contribution in [3.63, 3.8) is 0 Å². The first-order valence-electron chi connectivity index (χ1n) is 6.89. The van der Waals surface area contributed by atoms with Gasteiger partial charge in [0.2, 0.25) is 4.73 Å². The zero-order chi connectivity index (χ0) is 16.6. The molecule has 0 aliphatic rings. The smallest absolute Gasteiger partial charge is 0.549 e.